The third-order valence-electron chi connectivity index (χ3n) is 3.21. The Morgan fingerprint density at radius 3 is 2.13 bits per heavy atom. The Balaban J connectivity index is 1.87. The van der Waals surface area contributed by atoms with E-state index in [0.29, 0.717) is 6.61 Å². The van der Waals surface area contributed by atoms with Crippen molar-refractivity contribution >= 4 is 5.97 Å². The van der Waals surface area contributed by atoms with Gasteiger partial charge in [0, 0.05) is 38.6 Å². The van der Waals surface area contributed by atoms with Crippen molar-refractivity contribution in [1.29, 1.82) is 0 Å². The van der Waals surface area contributed by atoms with Crippen LogP contribution in [0.4, 0.5) is 0 Å². The van der Waals surface area contributed by atoms with Crippen LogP contribution in [0, 0.1) is 0 Å². The van der Waals surface area contributed by atoms with Crippen molar-refractivity contribution in [3.8, 4) is 0 Å². The molecule has 0 bridgehead atoms. The molecule has 23 heavy (non-hydrogen) atoms. The van der Waals surface area contributed by atoms with Gasteiger partial charge in [0.25, 0.3) is 0 Å². The van der Waals surface area contributed by atoms with E-state index in [2.05, 4.69) is 14.9 Å². The number of carbonyl (C=O) groups is 1. The van der Waals surface area contributed by atoms with Crippen LogP contribution in [0.2, 0.25) is 0 Å². The number of hydrogen-bond acceptors (Lipinski definition) is 5. The van der Waals surface area contributed by atoms with E-state index in [9.17, 15) is 4.79 Å². The Morgan fingerprint density at radius 1 is 1.04 bits per heavy atom. The molecule has 0 fully saturated rings. The van der Waals surface area contributed by atoms with E-state index in [1.165, 1.54) is 0 Å². The predicted molar refractivity (Wildman–Crippen MR) is 85.7 cm³/mol. The van der Waals surface area contributed by atoms with Crippen LogP contribution in [0.3, 0.4) is 0 Å². The molecule has 0 spiro atoms. The highest BCUT2D eigenvalue weighted by Gasteiger charge is 2.09. The SMILES string of the molecule is O=C(O)COCCCN(Cc1ccccn1)Cc1ccccn1. The topological polar surface area (TPSA) is 75.6 Å². The first-order chi connectivity index (χ1) is 11.2. The predicted octanol–water partition coefficient (Wildman–Crippen LogP) is 1.97. The first-order valence-corrected chi connectivity index (χ1v) is 7.56. The Labute approximate surface area is 135 Å². The van der Waals surface area contributed by atoms with Crippen molar-refractivity contribution < 1.29 is 14.6 Å². The third kappa shape index (κ3) is 6.99. The van der Waals surface area contributed by atoms with Gasteiger partial charge in [0.05, 0.1) is 11.4 Å². The molecular weight excluding hydrogens is 294 g/mol. The molecule has 0 radical (unpaired) electrons. The zero-order chi connectivity index (χ0) is 16.3. The van der Waals surface area contributed by atoms with Gasteiger partial charge in [0.1, 0.15) is 6.61 Å². The number of rotatable bonds is 10. The molecule has 1 N–H and O–H groups in total. The van der Waals surface area contributed by atoms with E-state index in [-0.39, 0.29) is 6.61 Å². The van der Waals surface area contributed by atoms with Crippen molar-refractivity contribution in [2.75, 3.05) is 19.8 Å². The fourth-order valence-electron chi connectivity index (χ4n) is 2.21. The molecule has 6 nitrogen and oxygen atoms in total. The zero-order valence-corrected chi connectivity index (χ0v) is 13.0. The molecule has 6 heteroatoms. The average molecular weight is 315 g/mol. The summed E-state index contributed by atoms with van der Waals surface area (Å²) >= 11 is 0. The van der Waals surface area contributed by atoms with Gasteiger partial charge in [-0.3, -0.25) is 14.9 Å². The molecule has 0 atom stereocenters. The second-order valence-electron chi connectivity index (χ2n) is 5.15. The Hall–Kier alpha value is -2.31. The van der Waals surface area contributed by atoms with Gasteiger partial charge in [-0.15, -0.1) is 0 Å². The number of carboxylic acids is 1. The maximum absolute atomic E-state index is 10.4. The lowest BCUT2D eigenvalue weighted by molar-refractivity contribution is -0.142. The minimum absolute atomic E-state index is 0.250. The van der Waals surface area contributed by atoms with Gasteiger partial charge in [-0.2, -0.15) is 0 Å². The number of ether oxygens (including phenoxy) is 1. The number of pyridine rings is 2. The molecule has 0 amide bonds. The zero-order valence-electron chi connectivity index (χ0n) is 13.0. The molecule has 0 saturated heterocycles. The van der Waals surface area contributed by atoms with E-state index in [1.54, 1.807) is 12.4 Å². The number of nitrogens with zero attached hydrogens (tertiary/aromatic N) is 3. The van der Waals surface area contributed by atoms with Crippen LogP contribution < -0.4 is 0 Å². The third-order valence-corrected chi connectivity index (χ3v) is 3.21. The molecular formula is C17H21N3O3. The second kappa shape index (κ2) is 9.66. The summed E-state index contributed by atoms with van der Waals surface area (Å²) in [6.45, 7) is 2.40. The number of carboxylic acid groups (broad SMARTS) is 1. The summed E-state index contributed by atoms with van der Waals surface area (Å²) in [7, 11) is 0. The number of aliphatic carboxylic acids is 1. The van der Waals surface area contributed by atoms with Crippen LogP contribution in [-0.2, 0) is 22.6 Å². The first kappa shape index (κ1) is 17.1. The monoisotopic (exact) mass is 315 g/mol. The molecule has 0 unspecified atom stereocenters. The minimum Gasteiger partial charge on any atom is -0.480 e. The van der Waals surface area contributed by atoms with E-state index < -0.39 is 5.97 Å². The van der Waals surface area contributed by atoms with Crippen LogP contribution in [0.15, 0.2) is 48.8 Å². The Kier molecular flexibility index (Phi) is 7.16. The highest BCUT2D eigenvalue weighted by Crippen LogP contribution is 2.07. The quantitative estimate of drug-likeness (QED) is 0.676. The van der Waals surface area contributed by atoms with Crippen LogP contribution in [-0.4, -0.2) is 45.7 Å². The van der Waals surface area contributed by atoms with Crippen LogP contribution in [0.5, 0.6) is 0 Å². The van der Waals surface area contributed by atoms with E-state index in [4.69, 9.17) is 9.84 Å². The molecule has 2 aromatic heterocycles. The smallest absolute Gasteiger partial charge is 0.329 e. The molecule has 2 rings (SSSR count). The highest BCUT2D eigenvalue weighted by atomic mass is 16.5. The maximum atomic E-state index is 10.4. The van der Waals surface area contributed by atoms with Crippen LogP contribution >= 0.6 is 0 Å². The lowest BCUT2D eigenvalue weighted by atomic mass is 10.2. The van der Waals surface area contributed by atoms with E-state index in [1.807, 2.05) is 36.4 Å². The normalized spacial score (nSPS) is 10.8. The second-order valence-corrected chi connectivity index (χ2v) is 5.15. The largest absolute Gasteiger partial charge is 0.480 e. The van der Waals surface area contributed by atoms with Gasteiger partial charge >= 0.3 is 5.97 Å². The molecule has 0 aliphatic heterocycles. The molecule has 0 aliphatic rings. The van der Waals surface area contributed by atoms with Gasteiger partial charge in [0.15, 0.2) is 0 Å². The fraction of sp³-hybridized carbons (Fsp3) is 0.353. The van der Waals surface area contributed by atoms with Gasteiger partial charge in [-0.25, -0.2) is 4.79 Å². The average Bonchev–Trinajstić information content (AvgIpc) is 2.56. The summed E-state index contributed by atoms with van der Waals surface area (Å²) in [6.07, 6.45) is 4.32. The Bertz CT molecular complexity index is 537. The van der Waals surface area contributed by atoms with E-state index in [0.717, 1.165) is 37.4 Å². The highest BCUT2D eigenvalue weighted by molar-refractivity contribution is 5.67. The molecule has 122 valence electrons. The maximum Gasteiger partial charge on any atom is 0.329 e. The van der Waals surface area contributed by atoms with Gasteiger partial charge < -0.3 is 9.84 Å². The van der Waals surface area contributed by atoms with Gasteiger partial charge in [-0.05, 0) is 30.7 Å². The number of aromatic nitrogens is 2. The molecule has 0 saturated carbocycles. The standard InChI is InChI=1S/C17H21N3O3/c21-17(22)14-23-11-5-10-20(12-15-6-1-3-8-18-15)13-16-7-2-4-9-19-16/h1-4,6-9H,5,10-14H2,(H,21,22). The van der Waals surface area contributed by atoms with Gasteiger partial charge in [0.2, 0.25) is 0 Å². The lowest BCUT2D eigenvalue weighted by Gasteiger charge is -2.21. The molecule has 2 aromatic rings. The van der Waals surface area contributed by atoms with Crippen LogP contribution in [0.1, 0.15) is 17.8 Å². The van der Waals surface area contributed by atoms with Crippen molar-refractivity contribution in [2.24, 2.45) is 0 Å². The summed E-state index contributed by atoms with van der Waals surface area (Å²) in [6, 6.07) is 11.7. The van der Waals surface area contributed by atoms with Crippen LogP contribution in [0.25, 0.3) is 0 Å². The van der Waals surface area contributed by atoms with Crippen molar-refractivity contribution in [1.82, 2.24) is 14.9 Å². The van der Waals surface area contributed by atoms with E-state index >= 15 is 0 Å². The fourth-order valence-corrected chi connectivity index (χ4v) is 2.21. The Morgan fingerprint density at radius 2 is 1.65 bits per heavy atom. The van der Waals surface area contributed by atoms with Crippen molar-refractivity contribution in [2.45, 2.75) is 19.5 Å². The summed E-state index contributed by atoms with van der Waals surface area (Å²) in [5.41, 5.74) is 1.99. The van der Waals surface area contributed by atoms with Crippen molar-refractivity contribution in [3.05, 3.63) is 60.2 Å². The van der Waals surface area contributed by atoms with Crippen molar-refractivity contribution in [3.63, 3.8) is 0 Å². The summed E-state index contributed by atoms with van der Waals surface area (Å²) in [4.78, 5) is 21.4. The summed E-state index contributed by atoms with van der Waals surface area (Å²) < 4.78 is 5.09. The minimum atomic E-state index is -0.941. The lowest BCUT2D eigenvalue weighted by Crippen LogP contribution is -2.26. The summed E-state index contributed by atoms with van der Waals surface area (Å²) in [5, 5.41) is 8.56. The molecule has 0 aliphatic carbocycles. The first-order valence-electron chi connectivity index (χ1n) is 7.56. The van der Waals surface area contributed by atoms with Gasteiger partial charge in [-0.1, -0.05) is 12.1 Å². The summed E-state index contributed by atoms with van der Waals surface area (Å²) in [5.74, 6) is -0.941. The molecule has 0 aromatic carbocycles. The number of hydrogen-bond donors (Lipinski definition) is 1. The molecule has 2 heterocycles.